The van der Waals surface area contributed by atoms with Gasteiger partial charge < -0.3 is 15.1 Å². The number of hydrogen-bond acceptors (Lipinski definition) is 5. The van der Waals surface area contributed by atoms with E-state index in [-0.39, 0.29) is 18.1 Å². The number of allylic oxidation sites excluding steroid dienone is 3. The third-order valence-electron chi connectivity index (χ3n) is 6.39. The lowest BCUT2D eigenvalue weighted by Gasteiger charge is -2.36. The van der Waals surface area contributed by atoms with Gasteiger partial charge in [-0.3, -0.25) is 9.59 Å². The van der Waals surface area contributed by atoms with Crippen LogP contribution in [0.25, 0.3) is 0 Å². The number of carbonyl (C=O) groups is 2. The van der Waals surface area contributed by atoms with E-state index in [1.165, 1.54) is 6.07 Å². The average Bonchev–Trinajstić information content (AvgIpc) is 3.35. The van der Waals surface area contributed by atoms with Gasteiger partial charge in [0.15, 0.2) is 5.78 Å². The highest BCUT2D eigenvalue weighted by Gasteiger charge is 2.42. The van der Waals surface area contributed by atoms with E-state index in [0.29, 0.717) is 40.3 Å². The summed E-state index contributed by atoms with van der Waals surface area (Å²) >= 11 is 0. The molecular weight excluding hydrogens is 433 g/mol. The molecule has 34 heavy (non-hydrogen) atoms. The zero-order chi connectivity index (χ0) is 23.8. The smallest absolute Gasteiger partial charge is 0.255 e. The Morgan fingerprint density at radius 3 is 2.65 bits per heavy atom. The molecule has 3 heterocycles. The van der Waals surface area contributed by atoms with Gasteiger partial charge in [0.2, 0.25) is 0 Å². The second-order valence-corrected chi connectivity index (χ2v) is 8.73. The van der Waals surface area contributed by atoms with E-state index in [9.17, 15) is 9.59 Å². The van der Waals surface area contributed by atoms with Crippen LogP contribution in [0.1, 0.15) is 48.5 Å². The molecule has 3 aromatic rings. The largest absolute Gasteiger partial charge is 0.469 e. The maximum atomic E-state index is 15.1. The highest BCUT2D eigenvalue weighted by molar-refractivity contribution is 6.09. The second-order valence-electron chi connectivity index (χ2n) is 8.73. The lowest BCUT2D eigenvalue weighted by atomic mass is 9.72. The molecule has 0 saturated carbocycles. The Labute approximate surface area is 196 Å². The highest BCUT2D eigenvalue weighted by atomic mass is 19.1. The number of dihydropyridines is 1. The van der Waals surface area contributed by atoms with Crippen LogP contribution in [-0.2, 0) is 9.59 Å². The van der Waals surface area contributed by atoms with Gasteiger partial charge in [-0.2, -0.15) is 0 Å². The Bertz CT molecular complexity index is 1320. The van der Waals surface area contributed by atoms with Crippen molar-refractivity contribution in [1.29, 1.82) is 0 Å². The molecule has 1 amide bonds. The van der Waals surface area contributed by atoms with Crippen LogP contribution in [0.15, 0.2) is 87.9 Å². The van der Waals surface area contributed by atoms with Crippen molar-refractivity contribution in [1.82, 2.24) is 10.3 Å². The summed E-state index contributed by atoms with van der Waals surface area (Å²) in [5.41, 5.74) is 3.27. The minimum absolute atomic E-state index is 0.116. The van der Waals surface area contributed by atoms with Crippen molar-refractivity contribution in [2.45, 2.75) is 38.5 Å². The van der Waals surface area contributed by atoms with Gasteiger partial charge in [-0.1, -0.05) is 24.3 Å². The van der Waals surface area contributed by atoms with E-state index in [1.54, 1.807) is 49.7 Å². The molecule has 1 aliphatic carbocycles. The molecule has 1 aliphatic heterocycles. The van der Waals surface area contributed by atoms with E-state index in [0.717, 1.165) is 11.3 Å². The SMILES string of the molecule is CC1=C(C(=O)Nc2ccc(C)cn2)C(c2ccccc2F)C2=C(CC(c3ccco3)CC2=O)N1. The van der Waals surface area contributed by atoms with E-state index >= 15 is 4.39 Å². The lowest BCUT2D eigenvalue weighted by Crippen LogP contribution is -2.37. The van der Waals surface area contributed by atoms with Crippen LogP contribution in [0, 0.1) is 12.7 Å². The average molecular weight is 458 g/mol. The molecule has 0 spiro atoms. The van der Waals surface area contributed by atoms with Gasteiger partial charge in [0.1, 0.15) is 17.4 Å². The molecular formula is C27H24FN3O3. The highest BCUT2D eigenvalue weighted by Crippen LogP contribution is 2.46. The van der Waals surface area contributed by atoms with E-state index in [1.807, 2.05) is 19.1 Å². The predicted octanol–water partition coefficient (Wildman–Crippen LogP) is 5.12. The van der Waals surface area contributed by atoms with Crippen molar-refractivity contribution in [3.05, 3.63) is 106 Å². The minimum Gasteiger partial charge on any atom is -0.469 e. The number of Topliss-reactive ketones (excluding diaryl/α,β-unsaturated/α-hetero) is 1. The van der Waals surface area contributed by atoms with Gasteiger partial charge in [-0.25, -0.2) is 9.37 Å². The molecule has 0 fully saturated rings. The predicted molar refractivity (Wildman–Crippen MR) is 125 cm³/mol. The number of aryl methyl sites for hydroxylation is 1. The topological polar surface area (TPSA) is 84.2 Å². The maximum Gasteiger partial charge on any atom is 0.255 e. The number of halogens is 1. The number of hydrogen-bond donors (Lipinski definition) is 2. The van der Waals surface area contributed by atoms with Gasteiger partial charge in [-0.05, 0) is 50.1 Å². The normalized spacial score (nSPS) is 20.1. The molecule has 1 aromatic carbocycles. The zero-order valence-corrected chi connectivity index (χ0v) is 18.9. The fraction of sp³-hybridized carbons (Fsp3) is 0.222. The minimum atomic E-state index is -0.826. The van der Waals surface area contributed by atoms with Gasteiger partial charge in [-0.15, -0.1) is 0 Å². The first-order valence-electron chi connectivity index (χ1n) is 11.2. The number of benzene rings is 1. The summed E-state index contributed by atoms with van der Waals surface area (Å²) in [5, 5.41) is 6.09. The Morgan fingerprint density at radius 1 is 1.12 bits per heavy atom. The van der Waals surface area contributed by atoms with Crippen LogP contribution in [0.2, 0.25) is 0 Å². The van der Waals surface area contributed by atoms with Crippen LogP contribution in [0.3, 0.4) is 0 Å². The fourth-order valence-electron chi connectivity index (χ4n) is 4.81. The van der Waals surface area contributed by atoms with E-state index < -0.39 is 17.6 Å². The molecule has 172 valence electrons. The molecule has 2 unspecified atom stereocenters. The zero-order valence-electron chi connectivity index (χ0n) is 18.9. The first-order chi connectivity index (χ1) is 16.4. The number of aromatic nitrogens is 1. The standard InChI is InChI=1S/C27H24FN3O3/c1-15-9-10-23(29-14-15)31-27(33)24-16(2)30-20-12-17(22-8-5-11-34-22)13-21(32)26(20)25(24)18-6-3-4-7-19(18)28/h3-11,14,17,25,30H,12-13H2,1-2H3,(H,29,31,33). The fourth-order valence-corrected chi connectivity index (χ4v) is 4.81. The van der Waals surface area contributed by atoms with Gasteiger partial charge in [0.05, 0.1) is 6.26 Å². The summed E-state index contributed by atoms with van der Waals surface area (Å²) in [4.78, 5) is 31.2. The number of pyridine rings is 1. The number of furan rings is 1. The van der Waals surface area contributed by atoms with Crippen molar-refractivity contribution in [3.8, 4) is 0 Å². The summed E-state index contributed by atoms with van der Waals surface area (Å²) in [6, 6.07) is 13.5. The Balaban J connectivity index is 1.57. The molecule has 6 nitrogen and oxygen atoms in total. The number of rotatable bonds is 4. The van der Waals surface area contributed by atoms with Crippen molar-refractivity contribution >= 4 is 17.5 Å². The molecule has 2 N–H and O–H groups in total. The molecule has 2 aromatic heterocycles. The first kappa shape index (κ1) is 21.8. The maximum absolute atomic E-state index is 15.1. The number of nitrogens with zero attached hydrogens (tertiary/aromatic N) is 1. The molecule has 2 atom stereocenters. The Morgan fingerprint density at radius 2 is 1.94 bits per heavy atom. The van der Waals surface area contributed by atoms with Crippen LogP contribution < -0.4 is 10.6 Å². The summed E-state index contributed by atoms with van der Waals surface area (Å²) in [6.45, 7) is 3.68. The summed E-state index contributed by atoms with van der Waals surface area (Å²) in [6.07, 6.45) is 4.01. The van der Waals surface area contributed by atoms with Gasteiger partial charge in [0, 0.05) is 52.6 Å². The van der Waals surface area contributed by atoms with E-state index in [4.69, 9.17) is 4.42 Å². The van der Waals surface area contributed by atoms with Crippen LogP contribution in [0.5, 0.6) is 0 Å². The Hall–Kier alpha value is -4.00. The first-order valence-corrected chi connectivity index (χ1v) is 11.2. The molecule has 2 aliphatic rings. The molecule has 0 radical (unpaired) electrons. The molecule has 5 rings (SSSR count). The van der Waals surface area contributed by atoms with Crippen molar-refractivity contribution in [2.24, 2.45) is 0 Å². The van der Waals surface area contributed by atoms with E-state index in [2.05, 4.69) is 15.6 Å². The number of ketones is 1. The quantitative estimate of drug-likeness (QED) is 0.568. The monoisotopic (exact) mass is 457 g/mol. The van der Waals surface area contributed by atoms with Crippen LogP contribution in [0.4, 0.5) is 10.2 Å². The third-order valence-corrected chi connectivity index (χ3v) is 6.39. The van der Waals surface area contributed by atoms with Crippen molar-refractivity contribution < 1.29 is 18.4 Å². The summed E-state index contributed by atoms with van der Waals surface area (Å²) < 4.78 is 20.6. The number of carbonyl (C=O) groups excluding carboxylic acids is 2. The second kappa shape index (κ2) is 8.74. The van der Waals surface area contributed by atoms with Crippen LogP contribution in [-0.4, -0.2) is 16.7 Å². The number of amides is 1. The van der Waals surface area contributed by atoms with Gasteiger partial charge >= 0.3 is 0 Å². The number of anilines is 1. The Kier molecular flexibility index (Phi) is 5.61. The van der Waals surface area contributed by atoms with Crippen molar-refractivity contribution in [2.75, 3.05) is 5.32 Å². The third kappa shape index (κ3) is 3.94. The molecule has 0 bridgehead atoms. The lowest BCUT2D eigenvalue weighted by molar-refractivity contribution is -0.116. The van der Waals surface area contributed by atoms with Gasteiger partial charge in [0.25, 0.3) is 5.91 Å². The van der Waals surface area contributed by atoms with Crippen molar-refractivity contribution in [3.63, 3.8) is 0 Å². The summed E-state index contributed by atoms with van der Waals surface area (Å²) in [7, 11) is 0. The summed E-state index contributed by atoms with van der Waals surface area (Å²) in [5.74, 6) is -0.843. The molecule has 7 heteroatoms. The van der Waals surface area contributed by atoms with Crippen LogP contribution >= 0.6 is 0 Å². The molecule has 0 saturated heterocycles. The number of nitrogens with one attached hydrogen (secondary N) is 2.